The predicted octanol–water partition coefficient (Wildman–Crippen LogP) is 11.1. The van der Waals surface area contributed by atoms with Gasteiger partial charge in [0.2, 0.25) is 5.95 Å². The Morgan fingerprint density at radius 3 is 1.92 bits per heavy atom. The predicted molar refractivity (Wildman–Crippen MR) is 208 cm³/mol. The summed E-state index contributed by atoms with van der Waals surface area (Å²) in [5.41, 5.74) is 11.3. The quantitative estimate of drug-likeness (QED) is 0.185. The van der Waals surface area contributed by atoms with Crippen LogP contribution in [0.3, 0.4) is 0 Å². The molecule has 0 fully saturated rings. The lowest BCUT2D eigenvalue weighted by atomic mass is 9.65. The Kier molecular flexibility index (Phi) is 6.72. The van der Waals surface area contributed by atoms with Crippen LogP contribution in [0, 0.1) is 5.92 Å². The molecule has 0 saturated carbocycles. The van der Waals surface area contributed by atoms with Crippen molar-refractivity contribution in [1.82, 2.24) is 19.5 Å². The molecule has 0 amide bonds. The van der Waals surface area contributed by atoms with Crippen molar-refractivity contribution in [3.63, 3.8) is 0 Å². The Hall–Kier alpha value is -6.39. The van der Waals surface area contributed by atoms with Gasteiger partial charge in [-0.1, -0.05) is 165 Å². The fourth-order valence-corrected chi connectivity index (χ4v) is 8.51. The molecule has 242 valence electrons. The average Bonchev–Trinajstić information content (AvgIpc) is 3.70. The highest BCUT2D eigenvalue weighted by atomic mass is 15.2. The smallest absolute Gasteiger partial charge is 0.238 e. The van der Waals surface area contributed by atoms with Gasteiger partial charge in [0.1, 0.15) is 0 Å². The molecule has 2 aliphatic rings. The lowest BCUT2D eigenvalue weighted by Gasteiger charge is -2.37. The molecule has 0 bridgehead atoms. The first-order chi connectivity index (χ1) is 25.2. The Balaban J connectivity index is 1.35. The molecule has 2 aromatic heterocycles. The molecule has 2 atom stereocenters. The third-order valence-corrected chi connectivity index (χ3v) is 10.6. The number of fused-ring (bicyclic) bond motifs is 7. The van der Waals surface area contributed by atoms with Crippen LogP contribution in [0.5, 0.6) is 0 Å². The summed E-state index contributed by atoms with van der Waals surface area (Å²) in [5.74, 6) is 2.31. The standard InChI is InChI=1S/C47H34N4/c1-31-16-15-23-35(30-31)47(34-21-9-4-10-22-34)39-26-13-11-24-36(39)37-28-29-41-42(43(37)47)38-25-12-14-27-40(38)51(41)46-49-44(32-17-5-2-6-18-32)48-45(50-46)33-19-7-3-8-20-33/h2-15,17-31H,16H2,1H3. The van der Waals surface area contributed by atoms with Crippen LogP contribution < -0.4 is 0 Å². The van der Waals surface area contributed by atoms with E-state index in [-0.39, 0.29) is 0 Å². The van der Waals surface area contributed by atoms with E-state index in [4.69, 9.17) is 15.0 Å². The highest BCUT2D eigenvalue weighted by molar-refractivity contribution is 6.15. The SMILES string of the molecule is CC1C=C(C2(c3ccccc3)c3ccccc3-c3ccc4c(c32)c2ccccc2n4-c2nc(-c3ccccc3)nc(-c3ccccc3)n2)C=CC1. The number of rotatable bonds is 5. The largest absolute Gasteiger partial charge is 0.278 e. The van der Waals surface area contributed by atoms with Crippen LogP contribution >= 0.6 is 0 Å². The number of para-hydroxylation sites is 1. The zero-order valence-electron chi connectivity index (χ0n) is 28.2. The van der Waals surface area contributed by atoms with E-state index in [2.05, 4.69) is 145 Å². The summed E-state index contributed by atoms with van der Waals surface area (Å²) in [5, 5.41) is 2.40. The van der Waals surface area contributed by atoms with Crippen molar-refractivity contribution in [3.05, 3.63) is 192 Å². The van der Waals surface area contributed by atoms with E-state index in [1.165, 1.54) is 44.2 Å². The minimum absolute atomic E-state index is 0.431. The van der Waals surface area contributed by atoms with E-state index >= 15 is 0 Å². The highest BCUT2D eigenvalue weighted by Gasteiger charge is 2.48. The summed E-state index contributed by atoms with van der Waals surface area (Å²) in [6.07, 6.45) is 8.28. The van der Waals surface area contributed by atoms with Gasteiger partial charge in [0.05, 0.1) is 16.4 Å². The van der Waals surface area contributed by atoms with Crippen molar-refractivity contribution in [3.8, 4) is 39.9 Å². The fourth-order valence-electron chi connectivity index (χ4n) is 8.51. The van der Waals surface area contributed by atoms with Gasteiger partial charge in [0.25, 0.3) is 0 Å². The molecule has 0 spiro atoms. The highest BCUT2D eigenvalue weighted by Crippen LogP contribution is 2.60. The lowest BCUT2D eigenvalue weighted by molar-refractivity contribution is 0.685. The number of hydrogen-bond donors (Lipinski definition) is 0. The molecule has 2 heterocycles. The lowest BCUT2D eigenvalue weighted by Crippen LogP contribution is -2.30. The molecule has 4 nitrogen and oxygen atoms in total. The van der Waals surface area contributed by atoms with E-state index in [1.54, 1.807) is 0 Å². The molecular formula is C47H34N4. The maximum atomic E-state index is 5.22. The second-order valence-corrected chi connectivity index (χ2v) is 13.6. The van der Waals surface area contributed by atoms with Crippen molar-refractivity contribution in [1.29, 1.82) is 0 Å². The van der Waals surface area contributed by atoms with Crippen LogP contribution in [0.1, 0.15) is 30.0 Å². The second-order valence-electron chi connectivity index (χ2n) is 13.6. The van der Waals surface area contributed by atoms with Crippen LogP contribution in [-0.4, -0.2) is 19.5 Å². The molecule has 10 rings (SSSR count). The first kappa shape index (κ1) is 29.5. The number of allylic oxidation sites excluding steroid dienone is 4. The number of hydrogen-bond acceptors (Lipinski definition) is 3. The minimum atomic E-state index is -0.518. The van der Waals surface area contributed by atoms with Gasteiger partial charge < -0.3 is 0 Å². The molecular weight excluding hydrogens is 621 g/mol. The monoisotopic (exact) mass is 654 g/mol. The minimum Gasteiger partial charge on any atom is -0.278 e. The molecule has 4 heteroatoms. The summed E-state index contributed by atoms with van der Waals surface area (Å²) >= 11 is 0. The van der Waals surface area contributed by atoms with Crippen molar-refractivity contribution in [2.75, 3.05) is 0 Å². The van der Waals surface area contributed by atoms with Crippen LogP contribution in [-0.2, 0) is 5.41 Å². The van der Waals surface area contributed by atoms with Crippen molar-refractivity contribution in [2.24, 2.45) is 5.92 Å². The van der Waals surface area contributed by atoms with Crippen molar-refractivity contribution >= 4 is 21.8 Å². The van der Waals surface area contributed by atoms with Crippen LogP contribution in [0.4, 0.5) is 0 Å². The molecule has 8 aromatic rings. The zero-order chi connectivity index (χ0) is 33.9. The van der Waals surface area contributed by atoms with Gasteiger partial charge in [-0.05, 0) is 57.9 Å². The van der Waals surface area contributed by atoms with Crippen LogP contribution in [0.25, 0.3) is 61.7 Å². The zero-order valence-corrected chi connectivity index (χ0v) is 28.2. The number of aromatic nitrogens is 4. The molecule has 0 radical (unpaired) electrons. The topological polar surface area (TPSA) is 43.6 Å². The van der Waals surface area contributed by atoms with Crippen LogP contribution in [0.2, 0.25) is 0 Å². The van der Waals surface area contributed by atoms with Gasteiger partial charge in [0, 0.05) is 21.9 Å². The molecule has 2 aliphatic carbocycles. The van der Waals surface area contributed by atoms with Gasteiger partial charge >= 0.3 is 0 Å². The van der Waals surface area contributed by atoms with Crippen LogP contribution in [0.15, 0.2) is 175 Å². The Labute approximate surface area is 297 Å². The Morgan fingerprint density at radius 2 is 1.22 bits per heavy atom. The van der Waals surface area contributed by atoms with Crippen molar-refractivity contribution < 1.29 is 0 Å². The number of benzene rings is 6. The van der Waals surface area contributed by atoms with Gasteiger partial charge in [-0.3, -0.25) is 4.57 Å². The first-order valence-corrected chi connectivity index (χ1v) is 17.7. The van der Waals surface area contributed by atoms with E-state index in [0.717, 1.165) is 28.6 Å². The third-order valence-electron chi connectivity index (χ3n) is 10.6. The summed E-state index contributed by atoms with van der Waals surface area (Å²) in [4.78, 5) is 15.4. The third kappa shape index (κ3) is 4.43. The molecule has 0 aliphatic heterocycles. The Bertz CT molecular complexity index is 2610. The molecule has 0 saturated heterocycles. The first-order valence-electron chi connectivity index (χ1n) is 17.7. The maximum Gasteiger partial charge on any atom is 0.238 e. The molecule has 6 aromatic carbocycles. The van der Waals surface area contributed by atoms with E-state index in [1.807, 2.05) is 36.4 Å². The number of nitrogens with zero attached hydrogens (tertiary/aromatic N) is 4. The van der Waals surface area contributed by atoms with Gasteiger partial charge in [-0.25, -0.2) is 4.98 Å². The average molecular weight is 655 g/mol. The molecule has 2 unspecified atom stereocenters. The second kappa shape index (κ2) is 11.6. The normalized spacial score (nSPS) is 17.7. The van der Waals surface area contributed by atoms with Gasteiger partial charge in [-0.2, -0.15) is 9.97 Å². The summed E-state index contributed by atoms with van der Waals surface area (Å²) in [6.45, 7) is 2.33. The van der Waals surface area contributed by atoms with Crippen molar-refractivity contribution in [2.45, 2.75) is 18.8 Å². The van der Waals surface area contributed by atoms with Gasteiger partial charge in [0.15, 0.2) is 11.6 Å². The molecule has 0 N–H and O–H groups in total. The fraction of sp³-hybridized carbons (Fsp3) is 0.0851. The Morgan fingerprint density at radius 1 is 0.588 bits per heavy atom. The van der Waals surface area contributed by atoms with E-state index in [0.29, 0.717) is 23.5 Å². The van der Waals surface area contributed by atoms with Gasteiger partial charge in [-0.15, -0.1) is 0 Å². The summed E-state index contributed by atoms with van der Waals surface area (Å²) in [6, 6.07) is 53.8. The maximum absolute atomic E-state index is 5.22. The van der Waals surface area contributed by atoms with E-state index < -0.39 is 5.41 Å². The van der Waals surface area contributed by atoms with E-state index in [9.17, 15) is 0 Å². The summed E-state index contributed by atoms with van der Waals surface area (Å²) in [7, 11) is 0. The summed E-state index contributed by atoms with van der Waals surface area (Å²) < 4.78 is 2.25. The molecule has 51 heavy (non-hydrogen) atoms.